The van der Waals surface area contributed by atoms with Gasteiger partial charge in [0, 0.05) is 12.9 Å². The van der Waals surface area contributed by atoms with Crippen molar-refractivity contribution in [3.05, 3.63) is 29.8 Å². The topological polar surface area (TPSA) is 54.4 Å². The van der Waals surface area contributed by atoms with Gasteiger partial charge in [0.2, 0.25) is 0 Å². The third kappa shape index (κ3) is 4.13. The Kier molecular flexibility index (Phi) is 4.71. The van der Waals surface area contributed by atoms with E-state index < -0.39 is 9.84 Å². The molecule has 17 heavy (non-hydrogen) atoms. The molecule has 0 aromatic heterocycles. The third-order valence-electron chi connectivity index (χ3n) is 3.03. The van der Waals surface area contributed by atoms with E-state index in [9.17, 15) is 13.5 Å². The fourth-order valence-corrected chi connectivity index (χ4v) is 2.32. The molecule has 1 N–H and O–H groups in total. The lowest BCUT2D eigenvalue weighted by Gasteiger charge is -2.18. The highest BCUT2D eigenvalue weighted by atomic mass is 32.2. The maximum atomic E-state index is 11.3. The standard InChI is InChI=1S/C13H20O3S/c1-10(2)12(9-14)8-11-4-6-13(7-5-11)17(3,15)16/h4-7,10,12,14H,8-9H2,1-3H3. The molecule has 0 saturated carbocycles. The number of benzene rings is 1. The van der Waals surface area contributed by atoms with Gasteiger partial charge in [0.1, 0.15) is 0 Å². The van der Waals surface area contributed by atoms with E-state index in [-0.39, 0.29) is 12.5 Å². The van der Waals surface area contributed by atoms with Crippen LogP contribution in [0.1, 0.15) is 19.4 Å². The van der Waals surface area contributed by atoms with E-state index in [4.69, 9.17) is 0 Å². The van der Waals surface area contributed by atoms with Crippen molar-refractivity contribution < 1.29 is 13.5 Å². The molecule has 0 saturated heterocycles. The Morgan fingerprint density at radius 2 is 1.71 bits per heavy atom. The molecule has 4 heteroatoms. The van der Waals surface area contributed by atoms with E-state index in [1.807, 2.05) is 12.1 Å². The zero-order valence-electron chi connectivity index (χ0n) is 10.6. The molecule has 0 bridgehead atoms. The summed E-state index contributed by atoms with van der Waals surface area (Å²) in [5.41, 5.74) is 1.06. The normalized spacial score (nSPS) is 13.9. The van der Waals surface area contributed by atoms with Gasteiger partial charge in [-0.05, 0) is 36.0 Å². The van der Waals surface area contributed by atoms with E-state index in [1.165, 1.54) is 6.26 Å². The van der Waals surface area contributed by atoms with Gasteiger partial charge in [0.25, 0.3) is 0 Å². The first-order valence-corrected chi connectivity index (χ1v) is 7.63. The fourth-order valence-electron chi connectivity index (χ4n) is 1.69. The number of hydrogen-bond donors (Lipinski definition) is 1. The number of aliphatic hydroxyl groups is 1. The monoisotopic (exact) mass is 256 g/mol. The van der Waals surface area contributed by atoms with Crippen LogP contribution >= 0.6 is 0 Å². The van der Waals surface area contributed by atoms with Crippen molar-refractivity contribution in [2.75, 3.05) is 12.9 Å². The Labute approximate surface area is 103 Å². The number of rotatable bonds is 5. The maximum absolute atomic E-state index is 11.3. The van der Waals surface area contributed by atoms with Gasteiger partial charge in [-0.15, -0.1) is 0 Å². The Bertz CT molecular complexity index is 446. The second-order valence-corrected chi connectivity index (χ2v) is 6.82. The molecule has 0 aliphatic carbocycles. The highest BCUT2D eigenvalue weighted by Gasteiger charge is 2.13. The maximum Gasteiger partial charge on any atom is 0.175 e. The summed E-state index contributed by atoms with van der Waals surface area (Å²) < 4.78 is 22.6. The summed E-state index contributed by atoms with van der Waals surface area (Å²) in [5.74, 6) is 0.633. The first kappa shape index (κ1) is 14.2. The molecule has 0 amide bonds. The van der Waals surface area contributed by atoms with Crippen LogP contribution in [-0.2, 0) is 16.3 Å². The molecular formula is C13H20O3S. The van der Waals surface area contributed by atoms with Crippen LogP contribution in [0.3, 0.4) is 0 Å². The molecule has 1 aromatic carbocycles. The number of sulfone groups is 1. The van der Waals surface area contributed by atoms with E-state index in [2.05, 4.69) is 13.8 Å². The average molecular weight is 256 g/mol. The van der Waals surface area contributed by atoms with Crippen LogP contribution in [0.4, 0.5) is 0 Å². The van der Waals surface area contributed by atoms with E-state index in [0.29, 0.717) is 10.8 Å². The molecule has 1 unspecified atom stereocenters. The van der Waals surface area contributed by atoms with Gasteiger partial charge in [-0.2, -0.15) is 0 Å². The summed E-state index contributed by atoms with van der Waals surface area (Å²) in [6, 6.07) is 6.89. The second-order valence-electron chi connectivity index (χ2n) is 4.81. The van der Waals surface area contributed by atoms with Gasteiger partial charge < -0.3 is 5.11 Å². The van der Waals surface area contributed by atoms with Crippen LogP contribution in [-0.4, -0.2) is 26.4 Å². The number of aliphatic hydroxyl groups excluding tert-OH is 1. The molecule has 96 valence electrons. The molecule has 1 atom stereocenters. The smallest absolute Gasteiger partial charge is 0.175 e. The van der Waals surface area contributed by atoms with E-state index in [1.54, 1.807) is 12.1 Å². The third-order valence-corrected chi connectivity index (χ3v) is 4.16. The van der Waals surface area contributed by atoms with Crippen LogP contribution in [0.15, 0.2) is 29.2 Å². The predicted octanol–water partition coefficient (Wildman–Crippen LogP) is 1.90. The zero-order chi connectivity index (χ0) is 13.1. The van der Waals surface area contributed by atoms with Gasteiger partial charge in [-0.25, -0.2) is 8.42 Å². The zero-order valence-corrected chi connectivity index (χ0v) is 11.4. The van der Waals surface area contributed by atoms with Gasteiger partial charge in [-0.3, -0.25) is 0 Å². The highest BCUT2D eigenvalue weighted by Crippen LogP contribution is 2.18. The van der Waals surface area contributed by atoms with Crippen LogP contribution in [0, 0.1) is 11.8 Å². The SMILES string of the molecule is CC(C)C(CO)Cc1ccc(S(C)(=O)=O)cc1. The Morgan fingerprint density at radius 3 is 2.06 bits per heavy atom. The summed E-state index contributed by atoms with van der Waals surface area (Å²) in [4.78, 5) is 0.339. The van der Waals surface area contributed by atoms with Crippen molar-refractivity contribution in [2.24, 2.45) is 11.8 Å². The summed E-state index contributed by atoms with van der Waals surface area (Å²) >= 11 is 0. The fraction of sp³-hybridized carbons (Fsp3) is 0.538. The molecule has 0 aliphatic heterocycles. The van der Waals surface area contributed by atoms with Crippen molar-refractivity contribution in [2.45, 2.75) is 25.2 Å². The second kappa shape index (κ2) is 5.65. The van der Waals surface area contributed by atoms with E-state index in [0.717, 1.165) is 12.0 Å². The Morgan fingerprint density at radius 1 is 1.18 bits per heavy atom. The Hall–Kier alpha value is -0.870. The minimum atomic E-state index is -3.12. The number of hydrogen-bond acceptors (Lipinski definition) is 3. The van der Waals surface area contributed by atoms with Crippen molar-refractivity contribution in [1.82, 2.24) is 0 Å². The summed E-state index contributed by atoms with van der Waals surface area (Å²) in [7, 11) is -3.12. The summed E-state index contributed by atoms with van der Waals surface area (Å²) in [5, 5.41) is 9.25. The van der Waals surface area contributed by atoms with Crippen LogP contribution in [0.2, 0.25) is 0 Å². The minimum absolute atomic E-state index is 0.158. The largest absolute Gasteiger partial charge is 0.396 e. The molecule has 1 rings (SSSR count). The molecule has 0 radical (unpaired) electrons. The molecule has 0 heterocycles. The molecular weight excluding hydrogens is 236 g/mol. The molecule has 0 spiro atoms. The molecule has 0 aliphatic rings. The molecule has 0 fully saturated rings. The highest BCUT2D eigenvalue weighted by molar-refractivity contribution is 7.90. The van der Waals surface area contributed by atoms with Crippen molar-refractivity contribution in [3.8, 4) is 0 Å². The van der Waals surface area contributed by atoms with Crippen molar-refractivity contribution in [3.63, 3.8) is 0 Å². The van der Waals surface area contributed by atoms with Gasteiger partial charge in [0.05, 0.1) is 4.90 Å². The lowest BCUT2D eigenvalue weighted by Crippen LogP contribution is -2.16. The predicted molar refractivity (Wildman–Crippen MR) is 68.7 cm³/mol. The summed E-state index contributed by atoms with van der Waals surface area (Å²) in [6.45, 7) is 4.31. The lowest BCUT2D eigenvalue weighted by atomic mass is 9.90. The van der Waals surface area contributed by atoms with E-state index >= 15 is 0 Å². The van der Waals surface area contributed by atoms with Gasteiger partial charge in [-0.1, -0.05) is 26.0 Å². The Balaban J connectivity index is 2.82. The van der Waals surface area contributed by atoms with Crippen molar-refractivity contribution >= 4 is 9.84 Å². The average Bonchev–Trinajstić information content (AvgIpc) is 2.25. The van der Waals surface area contributed by atoms with Crippen LogP contribution in [0.5, 0.6) is 0 Å². The van der Waals surface area contributed by atoms with Crippen LogP contribution < -0.4 is 0 Å². The lowest BCUT2D eigenvalue weighted by molar-refractivity contribution is 0.189. The van der Waals surface area contributed by atoms with Gasteiger partial charge in [0.15, 0.2) is 9.84 Å². The molecule has 3 nitrogen and oxygen atoms in total. The summed E-state index contributed by atoms with van der Waals surface area (Å²) in [6.07, 6.45) is 1.98. The molecule has 1 aromatic rings. The van der Waals surface area contributed by atoms with Crippen LogP contribution in [0.25, 0.3) is 0 Å². The first-order chi connectivity index (χ1) is 7.84. The van der Waals surface area contributed by atoms with Crippen molar-refractivity contribution in [1.29, 1.82) is 0 Å². The minimum Gasteiger partial charge on any atom is -0.396 e. The first-order valence-electron chi connectivity index (χ1n) is 5.74. The van der Waals surface area contributed by atoms with Gasteiger partial charge >= 0.3 is 0 Å². The quantitative estimate of drug-likeness (QED) is 0.875.